The molecule has 0 saturated heterocycles. The lowest BCUT2D eigenvalue weighted by Gasteiger charge is -2.46. The van der Waals surface area contributed by atoms with Crippen molar-refractivity contribution in [1.82, 2.24) is 19.7 Å². The summed E-state index contributed by atoms with van der Waals surface area (Å²) in [4.78, 5) is 19.1. The highest BCUT2D eigenvalue weighted by atomic mass is 16.5. The minimum absolute atomic E-state index is 0.00603. The standard InChI is InChI=1S/C27H34N4O2/c1-8-9-10-30-16-28-26(29-30)21-12-19-13-25(27(4,5)6)31-15-22(18(3)32)17(2)11-23(31)20(19)14-24(21)33-7/h11-12,14-16,25H,2,8-10,13H2,1,3-7H3. The molecule has 0 amide bonds. The Morgan fingerprint density at radius 2 is 2.03 bits per heavy atom. The van der Waals surface area contributed by atoms with Crippen LogP contribution in [0.5, 0.6) is 5.75 Å². The van der Waals surface area contributed by atoms with Crippen molar-refractivity contribution in [3.05, 3.63) is 59.6 Å². The van der Waals surface area contributed by atoms with Gasteiger partial charge in [-0.2, -0.15) is 5.10 Å². The predicted molar refractivity (Wildman–Crippen MR) is 132 cm³/mol. The van der Waals surface area contributed by atoms with Crippen LogP contribution in [0.3, 0.4) is 0 Å². The molecule has 0 fully saturated rings. The van der Waals surface area contributed by atoms with E-state index in [9.17, 15) is 4.79 Å². The van der Waals surface area contributed by atoms with Gasteiger partial charge in [-0.15, -0.1) is 0 Å². The lowest BCUT2D eigenvalue weighted by atomic mass is 9.76. The van der Waals surface area contributed by atoms with E-state index in [1.807, 2.05) is 17.0 Å². The monoisotopic (exact) mass is 446 g/mol. The first-order valence-electron chi connectivity index (χ1n) is 11.7. The van der Waals surface area contributed by atoms with E-state index in [0.717, 1.165) is 54.0 Å². The van der Waals surface area contributed by atoms with Gasteiger partial charge in [-0.25, -0.2) is 4.98 Å². The molecule has 0 aliphatic carbocycles. The number of nitrogens with zero attached hydrogens (tertiary/aromatic N) is 4. The van der Waals surface area contributed by atoms with Crippen molar-refractivity contribution in [1.29, 1.82) is 0 Å². The third-order valence-corrected chi connectivity index (χ3v) is 6.55. The molecular weight excluding hydrogens is 412 g/mol. The number of rotatable bonds is 6. The van der Waals surface area contributed by atoms with E-state index in [0.29, 0.717) is 11.4 Å². The van der Waals surface area contributed by atoms with Gasteiger partial charge in [0.25, 0.3) is 0 Å². The number of hydrogen-bond donors (Lipinski definition) is 0. The lowest BCUT2D eigenvalue weighted by Crippen LogP contribution is -2.45. The van der Waals surface area contributed by atoms with Gasteiger partial charge in [0.1, 0.15) is 12.1 Å². The number of ether oxygens (including phenoxy) is 1. The molecule has 1 unspecified atom stereocenters. The van der Waals surface area contributed by atoms with Gasteiger partial charge in [-0.1, -0.05) is 40.7 Å². The van der Waals surface area contributed by atoms with Crippen molar-refractivity contribution in [2.24, 2.45) is 5.41 Å². The van der Waals surface area contributed by atoms with Gasteiger partial charge >= 0.3 is 0 Å². The van der Waals surface area contributed by atoms with Crippen molar-refractivity contribution in [3.63, 3.8) is 0 Å². The number of Topliss-reactive ketones (excluding diaryl/α,β-unsaturated/α-hetero) is 1. The SMILES string of the molecule is C=C1C=C2c3cc(OC)c(-c4ncn(CCCC)n4)cc3CC(C(C)(C)C)N2C=C1C(C)=O. The Morgan fingerprint density at radius 3 is 2.67 bits per heavy atom. The van der Waals surface area contributed by atoms with Crippen LogP contribution in [-0.4, -0.2) is 38.6 Å². The fourth-order valence-corrected chi connectivity index (χ4v) is 4.65. The molecule has 1 aromatic carbocycles. The molecular formula is C27H34N4O2. The van der Waals surface area contributed by atoms with E-state index in [1.54, 1.807) is 20.4 Å². The van der Waals surface area contributed by atoms with Crippen LogP contribution < -0.4 is 4.74 Å². The minimum atomic E-state index is -0.00603. The summed E-state index contributed by atoms with van der Waals surface area (Å²) >= 11 is 0. The summed E-state index contributed by atoms with van der Waals surface area (Å²) in [6, 6.07) is 4.45. The zero-order valence-corrected chi connectivity index (χ0v) is 20.6. The third kappa shape index (κ3) is 4.26. The molecule has 1 atom stereocenters. The molecule has 2 aromatic rings. The maximum absolute atomic E-state index is 12.2. The average molecular weight is 447 g/mol. The highest BCUT2D eigenvalue weighted by Crippen LogP contribution is 2.45. The van der Waals surface area contributed by atoms with Crippen LogP contribution >= 0.6 is 0 Å². The van der Waals surface area contributed by atoms with Crippen molar-refractivity contribution in [2.75, 3.05) is 7.11 Å². The largest absolute Gasteiger partial charge is 0.496 e. The van der Waals surface area contributed by atoms with E-state index < -0.39 is 0 Å². The third-order valence-electron chi connectivity index (χ3n) is 6.55. The normalized spacial score (nSPS) is 17.8. The smallest absolute Gasteiger partial charge is 0.184 e. The minimum Gasteiger partial charge on any atom is -0.496 e. The number of carbonyl (C=O) groups is 1. The molecule has 33 heavy (non-hydrogen) atoms. The molecule has 6 nitrogen and oxygen atoms in total. The second-order valence-electron chi connectivity index (χ2n) is 10.0. The van der Waals surface area contributed by atoms with E-state index >= 15 is 0 Å². The van der Waals surface area contributed by atoms with Crippen LogP contribution in [-0.2, 0) is 17.8 Å². The van der Waals surface area contributed by atoms with Gasteiger partial charge in [0, 0.05) is 35.6 Å². The van der Waals surface area contributed by atoms with Crippen LogP contribution in [0, 0.1) is 5.41 Å². The van der Waals surface area contributed by atoms with Crippen LogP contribution in [0.4, 0.5) is 0 Å². The van der Waals surface area contributed by atoms with Crippen LogP contribution in [0.25, 0.3) is 17.1 Å². The Labute approximate surface area is 196 Å². The second kappa shape index (κ2) is 8.65. The van der Waals surface area contributed by atoms with Crippen LogP contribution in [0.1, 0.15) is 58.6 Å². The van der Waals surface area contributed by atoms with Crippen molar-refractivity contribution in [2.45, 2.75) is 66.5 Å². The molecule has 6 heteroatoms. The molecule has 0 N–H and O–H groups in total. The van der Waals surface area contributed by atoms with Gasteiger partial charge in [0.05, 0.1) is 12.7 Å². The van der Waals surface area contributed by atoms with E-state index in [2.05, 4.69) is 56.3 Å². The number of hydrogen-bond acceptors (Lipinski definition) is 5. The van der Waals surface area contributed by atoms with Gasteiger partial charge in [0.2, 0.25) is 0 Å². The van der Waals surface area contributed by atoms with Crippen LogP contribution in [0.2, 0.25) is 0 Å². The summed E-state index contributed by atoms with van der Waals surface area (Å²) in [5.74, 6) is 1.46. The summed E-state index contributed by atoms with van der Waals surface area (Å²) < 4.78 is 7.69. The number of fused-ring (bicyclic) bond motifs is 3. The van der Waals surface area contributed by atoms with Crippen molar-refractivity contribution < 1.29 is 9.53 Å². The zero-order chi connectivity index (χ0) is 23.9. The molecule has 4 rings (SSSR count). The second-order valence-corrected chi connectivity index (χ2v) is 10.0. The number of unbranched alkanes of at least 4 members (excludes halogenated alkanes) is 1. The molecule has 174 valence electrons. The molecule has 0 radical (unpaired) electrons. The number of carbonyl (C=O) groups excluding carboxylic acids is 1. The lowest BCUT2D eigenvalue weighted by molar-refractivity contribution is -0.113. The fourth-order valence-electron chi connectivity index (χ4n) is 4.65. The molecule has 3 heterocycles. The maximum atomic E-state index is 12.2. The average Bonchev–Trinajstić information content (AvgIpc) is 3.23. The number of allylic oxidation sites excluding steroid dienone is 3. The summed E-state index contributed by atoms with van der Waals surface area (Å²) in [5.41, 5.74) is 5.69. The Bertz CT molecular complexity index is 1160. The molecule has 0 saturated carbocycles. The van der Waals surface area contributed by atoms with E-state index in [-0.39, 0.29) is 17.2 Å². The topological polar surface area (TPSA) is 60.2 Å². The van der Waals surface area contributed by atoms with Crippen molar-refractivity contribution >= 4 is 11.5 Å². The van der Waals surface area contributed by atoms with Crippen LogP contribution in [0.15, 0.2) is 48.5 Å². The number of ketones is 1. The van der Waals surface area contributed by atoms with Gasteiger partial charge in [-0.05, 0) is 54.5 Å². The highest BCUT2D eigenvalue weighted by molar-refractivity contribution is 6.00. The molecule has 2 aliphatic rings. The maximum Gasteiger partial charge on any atom is 0.184 e. The number of benzene rings is 1. The van der Waals surface area contributed by atoms with E-state index in [1.165, 1.54) is 5.56 Å². The van der Waals surface area contributed by atoms with Gasteiger partial charge in [0.15, 0.2) is 11.6 Å². The number of aryl methyl sites for hydroxylation is 1. The quantitative estimate of drug-likeness (QED) is 0.594. The van der Waals surface area contributed by atoms with Gasteiger partial charge < -0.3 is 9.64 Å². The fraction of sp³-hybridized carbons (Fsp3) is 0.444. The first-order chi connectivity index (χ1) is 15.6. The molecule has 0 bridgehead atoms. The Kier molecular flexibility index (Phi) is 6.04. The summed E-state index contributed by atoms with van der Waals surface area (Å²) in [6.45, 7) is 15.5. The Hall–Kier alpha value is -3.15. The van der Waals surface area contributed by atoms with Crippen molar-refractivity contribution in [3.8, 4) is 17.1 Å². The molecule has 2 aliphatic heterocycles. The summed E-state index contributed by atoms with van der Waals surface area (Å²) in [5, 5.41) is 4.71. The van der Waals surface area contributed by atoms with E-state index in [4.69, 9.17) is 9.84 Å². The first-order valence-corrected chi connectivity index (χ1v) is 11.7. The zero-order valence-electron chi connectivity index (χ0n) is 20.6. The van der Waals surface area contributed by atoms with Gasteiger partial charge in [-0.3, -0.25) is 9.48 Å². The Morgan fingerprint density at radius 1 is 1.27 bits per heavy atom. The Balaban J connectivity index is 1.83. The summed E-state index contributed by atoms with van der Waals surface area (Å²) in [7, 11) is 1.68. The molecule has 0 spiro atoms. The number of methoxy groups -OCH3 is 1. The predicted octanol–water partition coefficient (Wildman–Crippen LogP) is 5.41. The highest BCUT2D eigenvalue weighted by Gasteiger charge is 2.39. The molecule has 1 aromatic heterocycles. The summed E-state index contributed by atoms with van der Waals surface area (Å²) in [6.07, 6.45) is 8.84. The number of aromatic nitrogens is 3. The first kappa shape index (κ1) is 23.0.